The number of hydrogen-bond donors (Lipinski definition) is 1. The van der Waals surface area contributed by atoms with Crippen molar-refractivity contribution in [3.8, 4) is 22.6 Å². The van der Waals surface area contributed by atoms with Crippen molar-refractivity contribution in [2.24, 2.45) is 0 Å². The fourth-order valence-electron chi connectivity index (χ4n) is 5.36. The van der Waals surface area contributed by atoms with Gasteiger partial charge in [-0.25, -0.2) is 4.98 Å². The van der Waals surface area contributed by atoms with Crippen LogP contribution in [0.4, 0.5) is 11.5 Å². The maximum absolute atomic E-state index is 14.5. The van der Waals surface area contributed by atoms with Gasteiger partial charge in [-0.3, -0.25) is 14.6 Å². The number of pyridine rings is 3. The smallest absolute Gasteiger partial charge is 0.259 e. The molecule has 1 aliphatic rings. The molecule has 1 saturated heterocycles. The van der Waals surface area contributed by atoms with Gasteiger partial charge in [0, 0.05) is 79.1 Å². The highest BCUT2D eigenvalue weighted by Gasteiger charge is 2.28. The first-order valence-corrected chi connectivity index (χ1v) is 14.9. The number of methoxy groups -OCH3 is 2. The molecule has 1 aromatic carbocycles. The van der Waals surface area contributed by atoms with Gasteiger partial charge in [0.1, 0.15) is 17.3 Å². The number of aromatic nitrogens is 3. The van der Waals surface area contributed by atoms with Crippen LogP contribution in [-0.2, 0) is 4.79 Å². The molecule has 3 aromatic heterocycles. The van der Waals surface area contributed by atoms with Gasteiger partial charge in [0.25, 0.3) is 5.56 Å². The van der Waals surface area contributed by atoms with Crippen LogP contribution in [0.3, 0.4) is 0 Å². The van der Waals surface area contributed by atoms with Crippen LogP contribution < -0.4 is 20.3 Å². The number of rotatable bonds is 9. The molecule has 12 heteroatoms. The zero-order valence-corrected chi connectivity index (χ0v) is 26.5. The van der Waals surface area contributed by atoms with Crippen LogP contribution in [0.2, 0.25) is 10.0 Å². The van der Waals surface area contributed by atoms with E-state index in [0.29, 0.717) is 66.4 Å². The largest absolute Gasteiger partial charge is 0.495 e. The van der Waals surface area contributed by atoms with Gasteiger partial charge in [0.15, 0.2) is 0 Å². The van der Waals surface area contributed by atoms with E-state index in [-0.39, 0.29) is 27.6 Å². The van der Waals surface area contributed by atoms with E-state index < -0.39 is 0 Å². The van der Waals surface area contributed by atoms with Gasteiger partial charge < -0.3 is 29.2 Å². The lowest BCUT2D eigenvalue weighted by molar-refractivity contribution is -0.127. The fourth-order valence-corrected chi connectivity index (χ4v) is 6.07. The van der Waals surface area contributed by atoms with Gasteiger partial charge in [0.2, 0.25) is 5.91 Å². The van der Waals surface area contributed by atoms with Gasteiger partial charge in [-0.15, -0.1) is 0 Å². The lowest BCUT2D eigenvalue weighted by atomic mass is 10.00. The number of amides is 1. The second-order valence-corrected chi connectivity index (χ2v) is 11.5. The number of hydrogen-bond acceptors (Lipinski definition) is 8. The first kappa shape index (κ1) is 31.3. The van der Waals surface area contributed by atoms with Crippen LogP contribution in [0.15, 0.2) is 65.9 Å². The van der Waals surface area contributed by atoms with Crippen LogP contribution in [0, 0.1) is 0 Å². The molecule has 0 unspecified atom stereocenters. The normalized spacial score (nSPS) is 14.0. The third kappa shape index (κ3) is 6.52. The zero-order chi connectivity index (χ0) is 31.4. The molecule has 0 radical (unpaired) electrons. The number of likely N-dealkylation sites (N-methyl/N-ethyl adjacent to an activating group) is 1. The average Bonchev–Trinajstić information content (AvgIpc) is 3.02. The number of halogens is 2. The third-order valence-corrected chi connectivity index (χ3v) is 8.34. The Balaban J connectivity index is 1.61. The first-order valence-electron chi connectivity index (χ1n) is 14.1. The summed E-state index contributed by atoms with van der Waals surface area (Å²) in [5, 5.41) is 4.41. The Morgan fingerprint density at radius 1 is 1.07 bits per heavy atom. The number of fused-ring (bicyclic) bond motifs is 1. The molecule has 1 aliphatic heterocycles. The molecule has 0 atom stereocenters. The highest BCUT2D eigenvalue weighted by molar-refractivity contribution is 6.41. The maximum atomic E-state index is 14.5. The van der Waals surface area contributed by atoms with Crippen LogP contribution in [0.1, 0.15) is 18.9 Å². The van der Waals surface area contributed by atoms with E-state index in [2.05, 4.69) is 15.3 Å². The number of anilines is 2. The Kier molecular flexibility index (Phi) is 9.73. The molecule has 5 rings (SSSR count). The number of piperidine rings is 1. The maximum Gasteiger partial charge on any atom is 0.259 e. The zero-order valence-electron chi connectivity index (χ0n) is 25.0. The van der Waals surface area contributed by atoms with Crippen molar-refractivity contribution in [1.82, 2.24) is 24.3 Å². The fraction of sp³-hybridized carbons (Fsp3) is 0.312. The van der Waals surface area contributed by atoms with E-state index in [1.54, 1.807) is 41.4 Å². The summed E-state index contributed by atoms with van der Waals surface area (Å²) in [5.41, 5.74) is 1.86. The predicted molar refractivity (Wildman–Crippen MR) is 175 cm³/mol. The molecule has 4 heterocycles. The minimum Gasteiger partial charge on any atom is -0.495 e. The van der Waals surface area contributed by atoms with Crippen LogP contribution in [0.5, 0.6) is 11.5 Å². The summed E-state index contributed by atoms with van der Waals surface area (Å²) in [6.07, 6.45) is 9.74. The van der Waals surface area contributed by atoms with E-state index in [9.17, 15) is 9.59 Å². The van der Waals surface area contributed by atoms with Crippen molar-refractivity contribution < 1.29 is 14.3 Å². The minimum atomic E-state index is -0.270. The minimum absolute atomic E-state index is 0.0358. The van der Waals surface area contributed by atoms with Crippen LogP contribution in [0.25, 0.3) is 22.0 Å². The second-order valence-electron chi connectivity index (χ2n) is 10.7. The SMILES string of the molecule is COc1cc(OC)c(Cl)c(-c2cc3cnc(Nc4ccncc4)cc3n(C3CCN(C(=O)/C=C/CN(C)C)CC3)c2=O)c1Cl. The quantitative estimate of drug-likeness (QED) is 0.230. The molecule has 10 nitrogen and oxygen atoms in total. The number of nitrogens with zero attached hydrogens (tertiary/aromatic N) is 5. The summed E-state index contributed by atoms with van der Waals surface area (Å²) >= 11 is 13.5. The van der Waals surface area contributed by atoms with Gasteiger partial charge in [0.05, 0.1) is 35.3 Å². The number of nitrogens with one attached hydrogen (secondary N) is 1. The van der Waals surface area contributed by atoms with Crippen molar-refractivity contribution in [3.05, 3.63) is 81.5 Å². The van der Waals surface area contributed by atoms with Crippen molar-refractivity contribution in [2.75, 3.05) is 53.3 Å². The van der Waals surface area contributed by atoms with E-state index in [4.69, 9.17) is 32.7 Å². The van der Waals surface area contributed by atoms with Gasteiger partial charge in [-0.1, -0.05) is 29.3 Å². The van der Waals surface area contributed by atoms with E-state index in [0.717, 1.165) is 11.1 Å². The molecule has 0 spiro atoms. The molecule has 44 heavy (non-hydrogen) atoms. The third-order valence-electron chi connectivity index (χ3n) is 7.59. The van der Waals surface area contributed by atoms with Crippen LogP contribution >= 0.6 is 23.2 Å². The first-order chi connectivity index (χ1) is 21.2. The number of carbonyl (C=O) groups is 1. The topological polar surface area (TPSA) is 102 Å². The molecule has 0 bridgehead atoms. The molecule has 0 aliphatic carbocycles. The standard InChI is InChI=1S/C32H34Cl2N6O4/c1-38(2)13-5-6-28(41)39-14-9-22(10-15-39)40-24-17-27(37-21-7-11-35-12-8-21)36-19-20(24)16-23(32(40)42)29-30(33)25(43-3)18-26(44-4)31(29)34/h5-8,11-12,16-19,22H,9-10,13-15H2,1-4H3,(H,35,36,37)/b6-5+. The van der Waals surface area contributed by atoms with E-state index in [1.165, 1.54) is 14.2 Å². The molecule has 1 amide bonds. The summed E-state index contributed by atoms with van der Waals surface area (Å²) in [5.74, 6) is 1.20. The Morgan fingerprint density at radius 3 is 2.34 bits per heavy atom. The van der Waals surface area contributed by atoms with Crippen molar-refractivity contribution in [2.45, 2.75) is 18.9 Å². The number of likely N-dealkylation sites (tertiary alicyclic amines) is 1. The van der Waals surface area contributed by atoms with Gasteiger partial charge in [-0.05, 0) is 45.1 Å². The molecule has 0 saturated carbocycles. The molecule has 4 aromatic rings. The second kappa shape index (κ2) is 13.7. The monoisotopic (exact) mass is 636 g/mol. The van der Waals surface area contributed by atoms with Crippen molar-refractivity contribution in [3.63, 3.8) is 0 Å². The Morgan fingerprint density at radius 2 is 1.73 bits per heavy atom. The molecule has 230 valence electrons. The molecular weight excluding hydrogens is 603 g/mol. The average molecular weight is 638 g/mol. The Bertz CT molecular complexity index is 1720. The lowest BCUT2D eigenvalue weighted by Crippen LogP contribution is -2.40. The number of ether oxygens (including phenoxy) is 2. The highest BCUT2D eigenvalue weighted by atomic mass is 35.5. The van der Waals surface area contributed by atoms with Crippen molar-refractivity contribution >= 4 is 51.5 Å². The summed E-state index contributed by atoms with van der Waals surface area (Å²) in [7, 11) is 6.88. The number of carbonyl (C=O) groups excluding carboxylic acids is 1. The summed E-state index contributed by atoms with van der Waals surface area (Å²) in [4.78, 5) is 39.8. The summed E-state index contributed by atoms with van der Waals surface area (Å²) < 4.78 is 12.7. The van der Waals surface area contributed by atoms with Gasteiger partial charge >= 0.3 is 0 Å². The van der Waals surface area contributed by atoms with Crippen molar-refractivity contribution in [1.29, 1.82) is 0 Å². The molecule has 1 N–H and O–H groups in total. The summed E-state index contributed by atoms with van der Waals surface area (Å²) in [6.45, 7) is 1.70. The highest BCUT2D eigenvalue weighted by Crippen LogP contribution is 2.45. The molecule has 1 fully saturated rings. The van der Waals surface area contributed by atoms with Crippen LogP contribution in [-0.4, -0.2) is 78.2 Å². The lowest BCUT2D eigenvalue weighted by Gasteiger charge is -2.33. The number of benzene rings is 1. The van der Waals surface area contributed by atoms with Gasteiger partial charge in [-0.2, -0.15) is 0 Å². The molecular formula is C32H34Cl2N6O4. The van der Waals surface area contributed by atoms with E-state index >= 15 is 0 Å². The van der Waals surface area contributed by atoms with E-state index in [1.807, 2.05) is 48.2 Å². The summed E-state index contributed by atoms with van der Waals surface area (Å²) in [6, 6.07) is 8.67. The Hall–Kier alpha value is -4.12. The predicted octanol–water partition coefficient (Wildman–Crippen LogP) is 5.81. The Labute approximate surface area is 265 Å².